The van der Waals surface area contributed by atoms with Crippen molar-refractivity contribution in [1.29, 1.82) is 0 Å². The Morgan fingerprint density at radius 1 is 1.00 bits per heavy atom. The van der Waals surface area contributed by atoms with Crippen LogP contribution in [0, 0.1) is 0 Å². The lowest BCUT2D eigenvalue weighted by molar-refractivity contribution is 0.0341. The number of benzene rings is 2. The van der Waals surface area contributed by atoms with E-state index in [-0.39, 0.29) is 6.10 Å². The van der Waals surface area contributed by atoms with E-state index in [1.807, 2.05) is 61.6 Å². The molecule has 0 spiro atoms. The first kappa shape index (κ1) is 15.8. The summed E-state index contributed by atoms with van der Waals surface area (Å²) in [6.45, 7) is 1.80. The first-order chi connectivity index (χ1) is 10.3. The summed E-state index contributed by atoms with van der Waals surface area (Å²) in [5.74, 6) is 0.859. The normalized spacial score (nSPS) is 12.1. The number of likely N-dealkylation sites (N-methyl/N-ethyl adjacent to an activating group) is 1. The standard InChI is InChI=1S/C17H20ClNO2/c1-19-13-17(14-7-9-15(18)10-8-14)21-12-11-20-16-5-3-2-4-6-16/h2-10,17,19H,11-13H2,1H3. The SMILES string of the molecule is CNCC(OCCOc1ccccc1)c1ccc(Cl)cc1. The van der Waals surface area contributed by atoms with Crippen LogP contribution in [-0.4, -0.2) is 26.8 Å². The number of ether oxygens (including phenoxy) is 2. The highest BCUT2D eigenvalue weighted by Gasteiger charge is 2.11. The van der Waals surface area contributed by atoms with E-state index in [9.17, 15) is 0 Å². The average molecular weight is 306 g/mol. The minimum Gasteiger partial charge on any atom is -0.491 e. The Morgan fingerprint density at radius 2 is 1.71 bits per heavy atom. The first-order valence-corrected chi connectivity index (χ1v) is 7.37. The molecule has 1 unspecified atom stereocenters. The van der Waals surface area contributed by atoms with Gasteiger partial charge in [-0.1, -0.05) is 41.9 Å². The van der Waals surface area contributed by atoms with Crippen LogP contribution in [0.1, 0.15) is 11.7 Å². The number of rotatable bonds is 8. The summed E-state index contributed by atoms with van der Waals surface area (Å²) in [7, 11) is 1.91. The lowest BCUT2D eigenvalue weighted by atomic mass is 10.1. The number of nitrogens with one attached hydrogen (secondary N) is 1. The fraction of sp³-hybridized carbons (Fsp3) is 0.294. The molecule has 0 saturated carbocycles. The molecule has 0 aliphatic carbocycles. The Hall–Kier alpha value is -1.55. The molecule has 2 aromatic carbocycles. The van der Waals surface area contributed by atoms with Crippen molar-refractivity contribution in [2.45, 2.75) is 6.10 Å². The molecule has 3 nitrogen and oxygen atoms in total. The highest BCUT2D eigenvalue weighted by Crippen LogP contribution is 2.19. The second kappa shape index (κ2) is 8.67. The second-order valence-electron chi connectivity index (χ2n) is 4.63. The lowest BCUT2D eigenvalue weighted by Crippen LogP contribution is -2.21. The van der Waals surface area contributed by atoms with Crippen LogP contribution in [0.3, 0.4) is 0 Å². The van der Waals surface area contributed by atoms with E-state index in [2.05, 4.69) is 5.32 Å². The van der Waals surface area contributed by atoms with Gasteiger partial charge in [0, 0.05) is 11.6 Å². The molecule has 21 heavy (non-hydrogen) atoms. The summed E-state index contributed by atoms with van der Waals surface area (Å²) < 4.78 is 11.5. The summed E-state index contributed by atoms with van der Waals surface area (Å²) >= 11 is 5.91. The summed E-state index contributed by atoms with van der Waals surface area (Å²) in [5.41, 5.74) is 1.11. The van der Waals surface area contributed by atoms with Crippen LogP contribution in [-0.2, 0) is 4.74 Å². The highest BCUT2D eigenvalue weighted by atomic mass is 35.5. The zero-order valence-corrected chi connectivity index (χ0v) is 12.8. The van der Waals surface area contributed by atoms with Gasteiger partial charge in [-0.15, -0.1) is 0 Å². The van der Waals surface area contributed by atoms with E-state index in [4.69, 9.17) is 21.1 Å². The molecular weight excluding hydrogens is 286 g/mol. The Morgan fingerprint density at radius 3 is 2.38 bits per heavy atom. The Bertz CT molecular complexity index is 516. The van der Waals surface area contributed by atoms with Crippen molar-refractivity contribution in [1.82, 2.24) is 5.32 Å². The molecule has 4 heteroatoms. The molecule has 0 aliphatic rings. The molecule has 0 amide bonds. The molecule has 2 aromatic rings. The summed E-state index contributed by atoms with van der Waals surface area (Å²) in [5, 5.41) is 3.87. The van der Waals surface area contributed by atoms with Gasteiger partial charge in [0.1, 0.15) is 12.4 Å². The van der Waals surface area contributed by atoms with Gasteiger partial charge < -0.3 is 14.8 Å². The van der Waals surface area contributed by atoms with Crippen LogP contribution in [0.4, 0.5) is 0 Å². The number of hydrogen-bond acceptors (Lipinski definition) is 3. The predicted octanol–water partition coefficient (Wildman–Crippen LogP) is 3.70. The van der Waals surface area contributed by atoms with E-state index in [1.54, 1.807) is 0 Å². The van der Waals surface area contributed by atoms with Gasteiger partial charge in [-0.25, -0.2) is 0 Å². The third-order valence-corrected chi connectivity index (χ3v) is 3.30. The maximum absolute atomic E-state index is 5.91. The van der Waals surface area contributed by atoms with Crippen molar-refractivity contribution in [2.75, 3.05) is 26.8 Å². The van der Waals surface area contributed by atoms with Crippen molar-refractivity contribution < 1.29 is 9.47 Å². The van der Waals surface area contributed by atoms with Gasteiger partial charge in [0.05, 0.1) is 12.7 Å². The fourth-order valence-electron chi connectivity index (χ4n) is 2.00. The molecule has 0 bridgehead atoms. The van der Waals surface area contributed by atoms with Crippen LogP contribution in [0.15, 0.2) is 54.6 Å². The largest absolute Gasteiger partial charge is 0.491 e. The summed E-state index contributed by atoms with van der Waals surface area (Å²) in [6, 6.07) is 17.5. The topological polar surface area (TPSA) is 30.5 Å². The third kappa shape index (κ3) is 5.38. The molecule has 1 atom stereocenters. The van der Waals surface area contributed by atoms with Crippen molar-refractivity contribution >= 4 is 11.6 Å². The van der Waals surface area contributed by atoms with Gasteiger partial charge in [-0.3, -0.25) is 0 Å². The highest BCUT2D eigenvalue weighted by molar-refractivity contribution is 6.30. The van der Waals surface area contributed by atoms with Crippen LogP contribution in [0.5, 0.6) is 5.75 Å². The molecular formula is C17H20ClNO2. The summed E-state index contributed by atoms with van der Waals surface area (Å²) in [6.07, 6.45) is -0.00774. The molecule has 0 fully saturated rings. The minimum absolute atomic E-state index is 0.00774. The lowest BCUT2D eigenvalue weighted by Gasteiger charge is -2.18. The Kier molecular flexibility index (Phi) is 6.54. The molecule has 2 rings (SSSR count). The van der Waals surface area contributed by atoms with Crippen LogP contribution in [0.2, 0.25) is 5.02 Å². The van der Waals surface area contributed by atoms with Gasteiger partial charge in [0.2, 0.25) is 0 Å². The van der Waals surface area contributed by atoms with E-state index < -0.39 is 0 Å². The van der Waals surface area contributed by atoms with Crippen molar-refractivity contribution in [3.8, 4) is 5.75 Å². The molecule has 0 aromatic heterocycles. The van der Waals surface area contributed by atoms with Crippen LogP contribution >= 0.6 is 11.6 Å². The zero-order valence-electron chi connectivity index (χ0n) is 12.1. The maximum Gasteiger partial charge on any atom is 0.119 e. The van der Waals surface area contributed by atoms with Crippen LogP contribution in [0.25, 0.3) is 0 Å². The van der Waals surface area contributed by atoms with E-state index in [1.165, 1.54) is 0 Å². The van der Waals surface area contributed by atoms with E-state index in [0.29, 0.717) is 13.2 Å². The Labute approximate surface area is 130 Å². The molecule has 0 heterocycles. The minimum atomic E-state index is -0.00774. The van der Waals surface area contributed by atoms with Crippen molar-refractivity contribution in [3.05, 3.63) is 65.2 Å². The fourth-order valence-corrected chi connectivity index (χ4v) is 2.13. The molecule has 112 valence electrons. The Balaban J connectivity index is 1.81. The second-order valence-corrected chi connectivity index (χ2v) is 5.07. The quantitative estimate of drug-likeness (QED) is 0.754. The van der Waals surface area contributed by atoms with Gasteiger partial charge in [-0.05, 0) is 36.9 Å². The molecule has 0 saturated heterocycles. The smallest absolute Gasteiger partial charge is 0.119 e. The van der Waals surface area contributed by atoms with Gasteiger partial charge in [0.25, 0.3) is 0 Å². The molecule has 0 aliphatic heterocycles. The number of hydrogen-bond donors (Lipinski definition) is 1. The van der Waals surface area contributed by atoms with E-state index >= 15 is 0 Å². The van der Waals surface area contributed by atoms with Gasteiger partial charge >= 0.3 is 0 Å². The summed E-state index contributed by atoms with van der Waals surface area (Å²) in [4.78, 5) is 0. The number of halogens is 1. The predicted molar refractivity (Wildman–Crippen MR) is 86.0 cm³/mol. The molecule has 1 N–H and O–H groups in total. The maximum atomic E-state index is 5.91. The zero-order chi connectivity index (χ0) is 14.9. The average Bonchev–Trinajstić information content (AvgIpc) is 2.52. The third-order valence-electron chi connectivity index (χ3n) is 3.05. The van der Waals surface area contributed by atoms with Gasteiger partial charge in [-0.2, -0.15) is 0 Å². The van der Waals surface area contributed by atoms with Crippen molar-refractivity contribution in [3.63, 3.8) is 0 Å². The van der Waals surface area contributed by atoms with E-state index in [0.717, 1.165) is 22.9 Å². The van der Waals surface area contributed by atoms with Crippen LogP contribution < -0.4 is 10.1 Å². The monoisotopic (exact) mass is 305 g/mol. The molecule has 0 radical (unpaired) electrons. The van der Waals surface area contributed by atoms with Crippen molar-refractivity contribution in [2.24, 2.45) is 0 Å². The van der Waals surface area contributed by atoms with Gasteiger partial charge in [0.15, 0.2) is 0 Å². The number of para-hydroxylation sites is 1. The first-order valence-electron chi connectivity index (χ1n) is 6.99.